The Morgan fingerprint density at radius 3 is 2.95 bits per heavy atom. The van der Waals surface area contributed by atoms with E-state index in [-0.39, 0.29) is 0 Å². The number of hydrogen-bond acceptors (Lipinski definition) is 5. The second-order valence-corrected chi connectivity index (χ2v) is 4.90. The van der Waals surface area contributed by atoms with Crippen molar-refractivity contribution < 1.29 is 9.47 Å². The van der Waals surface area contributed by atoms with E-state index in [1.807, 2.05) is 25.0 Å². The van der Waals surface area contributed by atoms with E-state index >= 15 is 0 Å². The lowest BCUT2D eigenvalue weighted by molar-refractivity contribution is 0.123. The zero-order chi connectivity index (χ0) is 13.7. The summed E-state index contributed by atoms with van der Waals surface area (Å²) in [5.41, 5.74) is 1.12. The summed E-state index contributed by atoms with van der Waals surface area (Å²) < 4.78 is 13.0. The van der Waals surface area contributed by atoms with E-state index in [9.17, 15) is 0 Å². The van der Waals surface area contributed by atoms with Gasteiger partial charge < -0.3 is 19.3 Å². The van der Waals surface area contributed by atoms with E-state index < -0.39 is 0 Å². The average molecular weight is 268 g/mol. The molecule has 1 aliphatic rings. The van der Waals surface area contributed by atoms with Gasteiger partial charge in [0.15, 0.2) is 5.82 Å². The Bertz CT molecular complexity index is 394. The van der Waals surface area contributed by atoms with E-state index in [2.05, 4.69) is 21.8 Å². The first kappa shape index (κ1) is 14.1. The monoisotopic (exact) mass is 268 g/mol. The van der Waals surface area contributed by atoms with E-state index in [1.165, 1.54) is 0 Å². The molecule has 1 aliphatic heterocycles. The first-order valence-electron chi connectivity index (χ1n) is 6.87. The largest absolute Gasteiger partial charge is 0.381 e. The standard InChI is InChI=1S/C13H24N4O2/c1-4-7-18-8-5-6-17-11-19-10-15(2)12-9-16(3)14-13(12)17/h9H,4-8,10-11H2,1-3H3. The third-order valence-corrected chi connectivity index (χ3v) is 3.10. The van der Waals surface area contributed by atoms with Crippen LogP contribution in [0.1, 0.15) is 19.8 Å². The maximum atomic E-state index is 5.64. The van der Waals surface area contributed by atoms with Crippen LogP contribution < -0.4 is 9.80 Å². The molecule has 0 fully saturated rings. The summed E-state index contributed by atoms with van der Waals surface area (Å²) in [4.78, 5) is 4.25. The molecular weight excluding hydrogens is 244 g/mol. The first-order valence-corrected chi connectivity index (χ1v) is 6.87. The molecule has 2 heterocycles. The predicted molar refractivity (Wildman–Crippen MR) is 75.5 cm³/mol. The molecule has 19 heavy (non-hydrogen) atoms. The second-order valence-electron chi connectivity index (χ2n) is 4.90. The predicted octanol–water partition coefficient (Wildman–Crippen LogP) is 1.42. The van der Waals surface area contributed by atoms with Gasteiger partial charge in [0.05, 0.1) is 6.20 Å². The summed E-state index contributed by atoms with van der Waals surface area (Å²) in [6.07, 6.45) is 4.09. The molecule has 0 atom stereocenters. The number of fused-ring (bicyclic) bond motifs is 1. The zero-order valence-corrected chi connectivity index (χ0v) is 12.1. The second kappa shape index (κ2) is 6.77. The van der Waals surface area contributed by atoms with Crippen LogP contribution in [-0.2, 0) is 16.5 Å². The third kappa shape index (κ3) is 3.61. The molecule has 0 bridgehead atoms. The van der Waals surface area contributed by atoms with Gasteiger partial charge >= 0.3 is 0 Å². The highest BCUT2D eigenvalue weighted by Crippen LogP contribution is 2.28. The van der Waals surface area contributed by atoms with Gasteiger partial charge in [-0.3, -0.25) is 4.68 Å². The van der Waals surface area contributed by atoms with Gasteiger partial charge in [-0.1, -0.05) is 6.92 Å². The molecule has 0 amide bonds. The van der Waals surface area contributed by atoms with Crippen molar-refractivity contribution in [1.82, 2.24) is 9.78 Å². The van der Waals surface area contributed by atoms with Crippen LogP contribution in [-0.4, -0.2) is 50.0 Å². The van der Waals surface area contributed by atoms with Crippen molar-refractivity contribution in [2.24, 2.45) is 7.05 Å². The van der Waals surface area contributed by atoms with Crippen molar-refractivity contribution >= 4 is 11.5 Å². The zero-order valence-electron chi connectivity index (χ0n) is 12.1. The summed E-state index contributed by atoms with van der Waals surface area (Å²) in [5, 5.41) is 4.54. The Morgan fingerprint density at radius 1 is 1.32 bits per heavy atom. The molecule has 1 aromatic heterocycles. The molecule has 6 nitrogen and oxygen atoms in total. The molecular formula is C13H24N4O2. The van der Waals surface area contributed by atoms with Gasteiger partial charge in [-0.05, 0) is 12.8 Å². The van der Waals surface area contributed by atoms with Gasteiger partial charge in [-0.2, -0.15) is 5.10 Å². The van der Waals surface area contributed by atoms with Crippen LogP contribution in [0.25, 0.3) is 0 Å². The highest BCUT2D eigenvalue weighted by molar-refractivity contribution is 5.66. The Kier molecular flexibility index (Phi) is 5.04. The highest BCUT2D eigenvalue weighted by atomic mass is 16.5. The molecule has 108 valence electrons. The van der Waals surface area contributed by atoms with Gasteiger partial charge in [-0.25, -0.2) is 0 Å². The maximum absolute atomic E-state index is 5.64. The lowest BCUT2D eigenvalue weighted by Gasteiger charge is -2.20. The number of nitrogens with zero attached hydrogens (tertiary/aromatic N) is 4. The summed E-state index contributed by atoms with van der Waals surface area (Å²) in [7, 11) is 3.97. The Hall–Kier alpha value is -1.27. The normalized spacial score (nSPS) is 15.5. The average Bonchev–Trinajstić information content (AvgIpc) is 2.72. The SMILES string of the molecule is CCCOCCCN1COCN(C)c2cn(C)nc21. The van der Waals surface area contributed by atoms with E-state index in [4.69, 9.17) is 9.47 Å². The number of aryl methyl sites for hydroxylation is 1. The number of rotatable bonds is 6. The van der Waals surface area contributed by atoms with Crippen molar-refractivity contribution in [3.63, 3.8) is 0 Å². The van der Waals surface area contributed by atoms with Crippen LogP contribution in [0.5, 0.6) is 0 Å². The summed E-state index contributed by atoms with van der Waals surface area (Å²) in [6.45, 7) is 5.85. The van der Waals surface area contributed by atoms with Crippen LogP contribution in [0.2, 0.25) is 0 Å². The van der Waals surface area contributed by atoms with Gasteiger partial charge in [0.25, 0.3) is 0 Å². The van der Waals surface area contributed by atoms with Crippen LogP contribution in [0.15, 0.2) is 6.20 Å². The van der Waals surface area contributed by atoms with E-state index in [0.717, 1.165) is 44.1 Å². The van der Waals surface area contributed by atoms with Crippen LogP contribution in [0.3, 0.4) is 0 Å². The van der Waals surface area contributed by atoms with E-state index in [1.54, 1.807) is 0 Å². The fourth-order valence-corrected chi connectivity index (χ4v) is 2.15. The molecule has 0 unspecified atom stereocenters. The van der Waals surface area contributed by atoms with Crippen LogP contribution >= 0.6 is 0 Å². The lowest BCUT2D eigenvalue weighted by atomic mass is 10.3. The molecule has 0 radical (unpaired) electrons. The summed E-state index contributed by atoms with van der Waals surface area (Å²) in [6, 6.07) is 0. The van der Waals surface area contributed by atoms with Crippen molar-refractivity contribution in [3.8, 4) is 0 Å². The van der Waals surface area contributed by atoms with Crippen LogP contribution in [0.4, 0.5) is 11.5 Å². The fraction of sp³-hybridized carbons (Fsp3) is 0.769. The molecule has 2 rings (SSSR count). The Labute approximate surface area is 114 Å². The number of aromatic nitrogens is 2. The molecule has 0 spiro atoms. The minimum Gasteiger partial charge on any atom is -0.381 e. The minimum atomic E-state index is 0.585. The van der Waals surface area contributed by atoms with E-state index in [0.29, 0.717) is 13.5 Å². The van der Waals surface area contributed by atoms with Gasteiger partial charge in [0, 0.05) is 33.9 Å². The summed E-state index contributed by atoms with van der Waals surface area (Å²) >= 11 is 0. The van der Waals surface area contributed by atoms with Crippen molar-refractivity contribution in [1.29, 1.82) is 0 Å². The minimum absolute atomic E-state index is 0.585. The molecule has 0 aromatic carbocycles. The summed E-state index contributed by atoms with van der Waals surface area (Å²) in [5.74, 6) is 0.998. The Morgan fingerprint density at radius 2 is 2.16 bits per heavy atom. The number of anilines is 2. The molecule has 0 saturated carbocycles. The van der Waals surface area contributed by atoms with Crippen molar-refractivity contribution in [3.05, 3.63) is 6.20 Å². The first-order chi connectivity index (χ1) is 9.22. The van der Waals surface area contributed by atoms with Gasteiger partial charge in [-0.15, -0.1) is 0 Å². The molecule has 0 N–H and O–H groups in total. The molecule has 0 saturated heterocycles. The van der Waals surface area contributed by atoms with Crippen molar-refractivity contribution in [2.75, 3.05) is 50.1 Å². The fourth-order valence-electron chi connectivity index (χ4n) is 2.15. The number of ether oxygens (including phenoxy) is 2. The lowest BCUT2D eigenvalue weighted by Crippen LogP contribution is -2.28. The number of hydrogen-bond donors (Lipinski definition) is 0. The van der Waals surface area contributed by atoms with Crippen LogP contribution in [0, 0.1) is 0 Å². The maximum Gasteiger partial charge on any atom is 0.176 e. The molecule has 1 aromatic rings. The molecule has 6 heteroatoms. The van der Waals surface area contributed by atoms with Gasteiger partial charge in [0.1, 0.15) is 19.1 Å². The Balaban J connectivity index is 1.94. The highest BCUT2D eigenvalue weighted by Gasteiger charge is 2.21. The van der Waals surface area contributed by atoms with Gasteiger partial charge in [0.2, 0.25) is 0 Å². The molecule has 0 aliphatic carbocycles. The third-order valence-electron chi connectivity index (χ3n) is 3.10. The smallest absolute Gasteiger partial charge is 0.176 e. The van der Waals surface area contributed by atoms with Crippen molar-refractivity contribution in [2.45, 2.75) is 19.8 Å². The quantitative estimate of drug-likeness (QED) is 0.730. The topological polar surface area (TPSA) is 42.8 Å².